The maximum Gasteiger partial charge on any atom is 0.225 e. The van der Waals surface area contributed by atoms with Gasteiger partial charge in [0.15, 0.2) is 0 Å². The third-order valence-electron chi connectivity index (χ3n) is 9.37. The SMILES string of the molecule is O=CC(c1ccc(OCCCC2CCN(c3ncc(Cl)cn3)CC2)cc1F)N1C2CC1CN(C[C@H](O)[C@@H](O)[C@H](O)[C@H](O)CO)C2. The number of carbonyl (C=O) groups excluding carboxylic acids is 1. The van der Waals surface area contributed by atoms with Crippen LogP contribution in [-0.2, 0) is 4.79 Å². The number of piperazine rings is 1. The van der Waals surface area contributed by atoms with E-state index in [9.17, 15) is 25.2 Å². The monoisotopic (exact) mass is 651 g/mol. The van der Waals surface area contributed by atoms with Crippen molar-refractivity contribution in [3.63, 3.8) is 0 Å². The van der Waals surface area contributed by atoms with Crippen molar-refractivity contribution in [3.05, 3.63) is 47.0 Å². The van der Waals surface area contributed by atoms with Crippen LogP contribution in [0, 0.1) is 11.7 Å². The highest BCUT2D eigenvalue weighted by Gasteiger charge is 2.49. The summed E-state index contributed by atoms with van der Waals surface area (Å²) < 4.78 is 21.1. The molecule has 45 heavy (non-hydrogen) atoms. The number of piperidine rings is 2. The van der Waals surface area contributed by atoms with Gasteiger partial charge in [-0.3, -0.25) is 9.80 Å². The van der Waals surface area contributed by atoms with Gasteiger partial charge in [-0.05, 0) is 44.1 Å². The van der Waals surface area contributed by atoms with Gasteiger partial charge in [-0.15, -0.1) is 0 Å². The molecule has 5 rings (SSSR count). The molecule has 4 heterocycles. The summed E-state index contributed by atoms with van der Waals surface area (Å²) >= 11 is 5.88. The maximum atomic E-state index is 15.3. The molecule has 0 amide bonds. The number of hydrogen-bond acceptors (Lipinski definition) is 12. The van der Waals surface area contributed by atoms with Gasteiger partial charge in [0.05, 0.1) is 42.8 Å². The van der Waals surface area contributed by atoms with Crippen molar-refractivity contribution in [2.45, 2.75) is 74.6 Å². The fraction of sp³-hybridized carbons (Fsp3) is 0.645. The Bertz CT molecular complexity index is 1250. The zero-order chi connectivity index (χ0) is 32.1. The number of anilines is 1. The molecule has 0 spiro atoms. The second-order valence-electron chi connectivity index (χ2n) is 12.4. The second kappa shape index (κ2) is 15.4. The Balaban J connectivity index is 1.05. The van der Waals surface area contributed by atoms with Crippen LogP contribution in [0.1, 0.15) is 43.7 Å². The van der Waals surface area contributed by atoms with Crippen molar-refractivity contribution < 1.29 is 39.5 Å². The molecule has 248 valence electrons. The number of aliphatic hydroxyl groups excluding tert-OH is 5. The molecule has 2 bridgehead atoms. The summed E-state index contributed by atoms with van der Waals surface area (Å²) in [5.74, 6) is 1.20. The van der Waals surface area contributed by atoms with Gasteiger partial charge in [-0.2, -0.15) is 0 Å². The number of benzene rings is 1. The molecule has 12 nitrogen and oxygen atoms in total. The number of nitrogens with zero attached hydrogens (tertiary/aromatic N) is 5. The van der Waals surface area contributed by atoms with E-state index in [2.05, 4.69) is 14.9 Å². The highest BCUT2D eigenvalue weighted by molar-refractivity contribution is 6.30. The van der Waals surface area contributed by atoms with Gasteiger partial charge in [0.2, 0.25) is 5.95 Å². The lowest BCUT2D eigenvalue weighted by molar-refractivity contribution is -0.142. The maximum absolute atomic E-state index is 15.3. The van der Waals surface area contributed by atoms with Crippen LogP contribution < -0.4 is 9.64 Å². The molecule has 0 radical (unpaired) electrons. The normalized spacial score (nSPS) is 24.4. The largest absolute Gasteiger partial charge is 0.493 e. The molecule has 3 saturated heterocycles. The predicted molar refractivity (Wildman–Crippen MR) is 163 cm³/mol. The van der Waals surface area contributed by atoms with Gasteiger partial charge >= 0.3 is 0 Å². The number of carbonyl (C=O) groups is 1. The summed E-state index contributed by atoms with van der Waals surface area (Å²) in [4.78, 5) is 26.8. The third kappa shape index (κ3) is 8.09. The van der Waals surface area contributed by atoms with Gasteiger partial charge in [-0.1, -0.05) is 17.7 Å². The van der Waals surface area contributed by atoms with Crippen molar-refractivity contribution in [1.82, 2.24) is 19.8 Å². The number of aldehydes is 1. The number of likely N-dealkylation sites (tertiary alicyclic amines) is 2. The van der Waals surface area contributed by atoms with E-state index in [-0.39, 0.29) is 24.2 Å². The van der Waals surface area contributed by atoms with E-state index >= 15 is 4.39 Å². The quantitative estimate of drug-likeness (QED) is 0.136. The van der Waals surface area contributed by atoms with Crippen LogP contribution >= 0.6 is 11.6 Å². The van der Waals surface area contributed by atoms with Crippen LogP contribution in [0.25, 0.3) is 0 Å². The second-order valence-corrected chi connectivity index (χ2v) is 12.8. The Morgan fingerprint density at radius 2 is 1.71 bits per heavy atom. The average molecular weight is 652 g/mol. The first-order valence-corrected chi connectivity index (χ1v) is 16.0. The van der Waals surface area contributed by atoms with Gasteiger partial charge in [0.1, 0.15) is 36.2 Å². The molecular weight excluding hydrogens is 609 g/mol. The molecule has 0 aliphatic carbocycles. The van der Waals surface area contributed by atoms with Crippen LogP contribution in [-0.4, -0.2) is 134 Å². The molecule has 3 unspecified atom stereocenters. The Hall–Kier alpha value is -2.49. The minimum absolute atomic E-state index is 0.0426. The highest BCUT2D eigenvalue weighted by atomic mass is 35.5. The number of halogens is 2. The van der Waals surface area contributed by atoms with Gasteiger partial charge in [-0.25, -0.2) is 14.4 Å². The smallest absolute Gasteiger partial charge is 0.225 e. The van der Waals surface area contributed by atoms with Gasteiger partial charge < -0.3 is 40.0 Å². The van der Waals surface area contributed by atoms with E-state index in [0.717, 1.165) is 51.5 Å². The van der Waals surface area contributed by atoms with Crippen LogP contribution in [0.3, 0.4) is 0 Å². The van der Waals surface area contributed by atoms with Crippen molar-refractivity contribution in [2.24, 2.45) is 5.92 Å². The molecule has 3 aliphatic heterocycles. The van der Waals surface area contributed by atoms with Crippen LogP contribution in [0.15, 0.2) is 30.6 Å². The zero-order valence-electron chi connectivity index (χ0n) is 25.1. The number of hydrogen-bond donors (Lipinski definition) is 5. The highest BCUT2D eigenvalue weighted by Crippen LogP contribution is 2.40. The molecule has 2 aromatic rings. The standard InChI is InChI=1S/C31H43ClFN5O7/c32-20-12-34-31(35-13-20)37-7-5-19(6-8-37)2-1-9-45-23-3-4-24(25(33)11-23)26(17-39)38-21-10-22(38)15-36(14-21)16-27(41)29(43)30(44)28(42)18-40/h3-4,11-13,17,19,21-22,26-30,40-44H,1-2,5-10,14-16,18H2/t21?,22?,26?,27-,28+,29+,30+/m0/s1. The van der Waals surface area contributed by atoms with Crippen molar-refractivity contribution in [1.29, 1.82) is 0 Å². The molecule has 14 heteroatoms. The molecule has 7 atom stereocenters. The van der Waals surface area contributed by atoms with Gasteiger partial charge in [0, 0.05) is 56.4 Å². The summed E-state index contributed by atoms with van der Waals surface area (Å²) in [6, 6.07) is 3.80. The van der Waals surface area contributed by atoms with Crippen molar-refractivity contribution in [2.75, 3.05) is 50.8 Å². The fourth-order valence-electron chi connectivity index (χ4n) is 6.86. The molecule has 3 aliphatic rings. The Morgan fingerprint density at radius 1 is 1.04 bits per heavy atom. The number of aromatic nitrogens is 2. The minimum atomic E-state index is -1.68. The first-order valence-electron chi connectivity index (χ1n) is 15.6. The zero-order valence-corrected chi connectivity index (χ0v) is 25.9. The van der Waals surface area contributed by atoms with Crippen LogP contribution in [0.2, 0.25) is 5.02 Å². The molecular formula is C31H43ClFN5O7. The van der Waals surface area contributed by atoms with E-state index in [4.69, 9.17) is 21.4 Å². The Kier molecular flexibility index (Phi) is 11.6. The summed E-state index contributed by atoms with van der Waals surface area (Å²) in [7, 11) is 0. The molecule has 5 N–H and O–H groups in total. The lowest BCUT2D eigenvalue weighted by Crippen LogP contribution is -2.70. The molecule has 1 aromatic heterocycles. The van der Waals surface area contributed by atoms with E-state index in [1.807, 2.05) is 9.80 Å². The number of aliphatic hydroxyl groups is 5. The fourth-order valence-corrected chi connectivity index (χ4v) is 6.96. The summed E-state index contributed by atoms with van der Waals surface area (Å²) in [6.07, 6.45) is 2.52. The summed E-state index contributed by atoms with van der Waals surface area (Å²) in [6.45, 7) is 2.52. The predicted octanol–water partition coefficient (Wildman–Crippen LogP) is 0.779. The first kappa shape index (κ1) is 33.9. The lowest BCUT2D eigenvalue weighted by Gasteiger charge is -2.58. The Labute approximate surface area is 267 Å². The Morgan fingerprint density at radius 3 is 2.33 bits per heavy atom. The number of ether oxygens (including phenoxy) is 1. The first-order chi connectivity index (χ1) is 21.7. The van der Waals surface area contributed by atoms with Crippen molar-refractivity contribution in [3.8, 4) is 5.75 Å². The van der Waals surface area contributed by atoms with Crippen molar-refractivity contribution >= 4 is 23.8 Å². The summed E-state index contributed by atoms with van der Waals surface area (Å²) in [5.41, 5.74) is 0.286. The van der Waals surface area contributed by atoms with E-state index in [1.54, 1.807) is 24.5 Å². The van der Waals surface area contributed by atoms with E-state index in [0.29, 0.717) is 42.3 Å². The number of fused-ring (bicyclic) bond motifs is 2. The topological polar surface area (TPSA) is 163 Å². The number of β-amino-alcohol motifs (C(OH)–C–C–N with tert-alkyl or cyclic N) is 1. The number of rotatable bonds is 15. The lowest BCUT2D eigenvalue weighted by atomic mass is 9.83. The minimum Gasteiger partial charge on any atom is -0.493 e. The van der Waals surface area contributed by atoms with Gasteiger partial charge in [0.25, 0.3) is 0 Å². The van der Waals surface area contributed by atoms with Crippen LogP contribution in [0.4, 0.5) is 10.3 Å². The van der Waals surface area contributed by atoms with E-state index < -0.39 is 42.9 Å². The molecule has 0 saturated carbocycles. The average Bonchev–Trinajstić information content (AvgIpc) is 3.05. The van der Waals surface area contributed by atoms with Crippen LogP contribution in [0.5, 0.6) is 5.75 Å². The van der Waals surface area contributed by atoms with E-state index in [1.165, 1.54) is 6.07 Å². The summed E-state index contributed by atoms with van der Waals surface area (Å²) in [5, 5.41) is 49.4. The third-order valence-corrected chi connectivity index (χ3v) is 9.56. The molecule has 3 fully saturated rings. The molecule has 1 aromatic carbocycles.